The summed E-state index contributed by atoms with van der Waals surface area (Å²) in [6.07, 6.45) is 4.77. The van der Waals surface area contributed by atoms with Gasteiger partial charge in [-0.1, -0.05) is 26.2 Å². The number of nitrogens with two attached hydrogens (primary N) is 1. The molecule has 1 heterocycles. The number of aryl methyl sites for hydroxylation is 1. The molecule has 18 heavy (non-hydrogen) atoms. The van der Waals surface area contributed by atoms with Crippen LogP contribution in [-0.4, -0.2) is 9.55 Å². The predicted molar refractivity (Wildman–Crippen MR) is 73.0 cm³/mol. The van der Waals surface area contributed by atoms with E-state index < -0.39 is 0 Å². The Labute approximate surface area is 107 Å². The Kier molecular flexibility index (Phi) is 3.83. The van der Waals surface area contributed by atoms with Crippen molar-refractivity contribution in [3.8, 4) is 6.07 Å². The van der Waals surface area contributed by atoms with Gasteiger partial charge < -0.3 is 10.3 Å². The first kappa shape index (κ1) is 12.4. The summed E-state index contributed by atoms with van der Waals surface area (Å²) in [5.74, 6) is 0.539. The number of benzene rings is 1. The highest BCUT2D eigenvalue weighted by atomic mass is 15.1. The Bertz CT molecular complexity index is 577. The van der Waals surface area contributed by atoms with Crippen LogP contribution in [0.3, 0.4) is 0 Å². The van der Waals surface area contributed by atoms with E-state index in [9.17, 15) is 0 Å². The first-order valence-corrected chi connectivity index (χ1v) is 6.42. The van der Waals surface area contributed by atoms with Crippen LogP contribution < -0.4 is 5.73 Å². The highest BCUT2D eigenvalue weighted by Gasteiger charge is 2.08. The van der Waals surface area contributed by atoms with Crippen LogP contribution in [0.1, 0.15) is 38.2 Å². The third-order valence-corrected chi connectivity index (χ3v) is 3.14. The van der Waals surface area contributed by atoms with Gasteiger partial charge in [0.05, 0.1) is 22.7 Å². The number of nitrogens with zero attached hydrogens (tertiary/aromatic N) is 3. The molecule has 0 radical (unpaired) electrons. The predicted octanol–water partition coefficient (Wildman–Crippen LogP) is 3.07. The number of unbranched alkanes of at least 4 members (excludes halogenated alkanes) is 3. The topological polar surface area (TPSA) is 67.6 Å². The Morgan fingerprint density at radius 1 is 1.33 bits per heavy atom. The quantitative estimate of drug-likeness (QED) is 0.819. The van der Waals surface area contributed by atoms with Gasteiger partial charge in [0, 0.05) is 6.54 Å². The molecule has 0 saturated heterocycles. The molecule has 1 aromatic carbocycles. The average Bonchev–Trinajstić information content (AvgIpc) is 2.70. The van der Waals surface area contributed by atoms with Crippen LogP contribution >= 0.6 is 0 Å². The SMILES string of the molecule is CCCCCCn1c(N)nc2ccc(C#N)cc21. The molecule has 0 unspecified atom stereocenters. The number of hydrogen-bond donors (Lipinski definition) is 1. The van der Waals surface area contributed by atoms with E-state index >= 15 is 0 Å². The fourth-order valence-corrected chi connectivity index (χ4v) is 2.14. The van der Waals surface area contributed by atoms with Crippen LogP contribution in [0.4, 0.5) is 5.95 Å². The van der Waals surface area contributed by atoms with Gasteiger partial charge in [-0.3, -0.25) is 0 Å². The van der Waals surface area contributed by atoms with Gasteiger partial charge in [-0.25, -0.2) is 4.98 Å². The Balaban J connectivity index is 2.25. The lowest BCUT2D eigenvalue weighted by Crippen LogP contribution is -2.03. The molecule has 4 nitrogen and oxygen atoms in total. The van der Waals surface area contributed by atoms with Crippen LogP contribution in [-0.2, 0) is 6.54 Å². The fourth-order valence-electron chi connectivity index (χ4n) is 2.14. The Morgan fingerprint density at radius 3 is 2.89 bits per heavy atom. The molecule has 0 spiro atoms. The molecule has 0 amide bonds. The maximum atomic E-state index is 8.93. The average molecular weight is 242 g/mol. The van der Waals surface area contributed by atoms with Gasteiger partial charge in [0.1, 0.15) is 0 Å². The van der Waals surface area contributed by atoms with Crippen molar-refractivity contribution in [2.75, 3.05) is 5.73 Å². The number of anilines is 1. The van der Waals surface area contributed by atoms with E-state index in [4.69, 9.17) is 11.0 Å². The van der Waals surface area contributed by atoms with Gasteiger partial charge in [-0.15, -0.1) is 0 Å². The second kappa shape index (κ2) is 5.54. The molecule has 0 saturated carbocycles. The third kappa shape index (κ3) is 2.45. The zero-order valence-electron chi connectivity index (χ0n) is 10.7. The zero-order valence-corrected chi connectivity index (χ0v) is 10.7. The van der Waals surface area contributed by atoms with Crippen LogP contribution in [0.25, 0.3) is 11.0 Å². The smallest absolute Gasteiger partial charge is 0.201 e. The van der Waals surface area contributed by atoms with Crippen molar-refractivity contribution < 1.29 is 0 Å². The molecule has 0 fully saturated rings. The Morgan fingerprint density at radius 2 is 2.17 bits per heavy atom. The first-order chi connectivity index (χ1) is 8.76. The minimum atomic E-state index is 0.539. The summed E-state index contributed by atoms with van der Waals surface area (Å²) in [5.41, 5.74) is 8.40. The van der Waals surface area contributed by atoms with Gasteiger partial charge in [0.25, 0.3) is 0 Å². The minimum Gasteiger partial charge on any atom is -0.369 e. The largest absolute Gasteiger partial charge is 0.369 e. The van der Waals surface area contributed by atoms with E-state index in [1.54, 1.807) is 6.07 Å². The second-order valence-corrected chi connectivity index (χ2v) is 4.50. The molecule has 0 aliphatic carbocycles. The Hall–Kier alpha value is -2.02. The number of nitrogen functional groups attached to an aromatic ring is 1. The number of hydrogen-bond acceptors (Lipinski definition) is 3. The summed E-state index contributed by atoms with van der Waals surface area (Å²) in [4.78, 5) is 4.32. The first-order valence-electron chi connectivity index (χ1n) is 6.42. The highest BCUT2D eigenvalue weighted by molar-refractivity contribution is 5.79. The minimum absolute atomic E-state index is 0.539. The molecule has 1 aromatic heterocycles. The monoisotopic (exact) mass is 242 g/mol. The van der Waals surface area contributed by atoms with Crippen molar-refractivity contribution in [2.24, 2.45) is 0 Å². The standard InChI is InChI=1S/C14H18N4/c1-2-3-4-5-8-18-13-9-11(10-15)6-7-12(13)17-14(18)16/h6-7,9H,2-5,8H2,1H3,(H2,16,17). The van der Waals surface area contributed by atoms with Crippen LogP contribution in [0.2, 0.25) is 0 Å². The lowest BCUT2D eigenvalue weighted by Gasteiger charge is -2.06. The molecule has 2 aromatic rings. The van der Waals surface area contributed by atoms with E-state index in [0.717, 1.165) is 24.0 Å². The number of imidazole rings is 1. The van der Waals surface area contributed by atoms with E-state index in [1.165, 1.54) is 19.3 Å². The summed E-state index contributed by atoms with van der Waals surface area (Å²) in [5, 5.41) is 8.93. The molecule has 0 aliphatic rings. The summed E-state index contributed by atoms with van der Waals surface area (Å²) in [6.45, 7) is 3.07. The molecule has 4 heteroatoms. The third-order valence-electron chi connectivity index (χ3n) is 3.14. The van der Waals surface area contributed by atoms with Gasteiger partial charge in [-0.2, -0.15) is 5.26 Å². The van der Waals surface area contributed by atoms with Crippen LogP contribution in [0.5, 0.6) is 0 Å². The number of aromatic nitrogens is 2. The van der Waals surface area contributed by atoms with Crippen molar-refractivity contribution in [1.29, 1.82) is 5.26 Å². The normalized spacial score (nSPS) is 10.7. The van der Waals surface area contributed by atoms with Crippen molar-refractivity contribution in [3.63, 3.8) is 0 Å². The van der Waals surface area contributed by atoms with Gasteiger partial charge in [-0.05, 0) is 24.6 Å². The van der Waals surface area contributed by atoms with Gasteiger partial charge in [0.2, 0.25) is 5.95 Å². The van der Waals surface area contributed by atoms with E-state index in [-0.39, 0.29) is 0 Å². The maximum absolute atomic E-state index is 8.93. The van der Waals surface area contributed by atoms with Crippen LogP contribution in [0.15, 0.2) is 18.2 Å². The summed E-state index contributed by atoms with van der Waals surface area (Å²) in [7, 11) is 0. The van der Waals surface area contributed by atoms with E-state index in [0.29, 0.717) is 11.5 Å². The number of nitriles is 1. The number of fused-ring (bicyclic) bond motifs is 1. The molecule has 94 valence electrons. The number of rotatable bonds is 5. The maximum Gasteiger partial charge on any atom is 0.201 e. The van der Waals surface area contributed by atoms with Gasteiger partial charge >= 0.3 is 0 Å². The van der Waals surface area contributed by atoms with Gasteiger partial charge in [0.15, 0.2) is 0 Å². The van der Waals surface area contributed by atoms with Crippen molar-refractivity contribution >= 4 is 17.0 Å². The zero-order chi connectivity index (χ0) is 13.0. The van der Waals surface area contributed by atoms with E-state index in [1.807, 2.05) is 16.7 Å². The van der Waals surface area contributed by atoms with Crippen molar-refractivity contribution in [2.45, 2.75) is 39.2 Å². The van der Waals surface area contributed by atoms with Crippen molar-refractivity contribution in [1.82, 2.24) is 9.55 Å². The van der Waals surface area contributed by atoms with Crippen molar-refractivity contribution in [3.05, 3.63) is 23.8 Å². The fraction of sp³-hybridized carbons (Fsp3) is 0.429. The van der Waals surface area contributed by atoms with E-state index in [2.05, 4.69) is 18.0 Å². The molecule has 2 N–H and O–H groups in total. The second-order valence-electron chi connectivity index (χ2n) is 4.50. The molecule has 0 aliphatic heterocycles. The molecule has 0 atom stereocenters. The lowest BCUT2D eigenvalue weighted by atomic mass is 10.2. The molecule has 2 rings (SSSR count). The summed E-state index contributed by atoms with van der Waals surface area (Å²) >= 11 is 0. The molecular formula is C14H18N4. The molecule has 0 bridgehead atoms. The van der Waals surface area contributed by atoms with Crippen LogP contribution in [0, 0.1) is 11.3 Å². The molecular weight excluding hydrogens is 224 g/mol. The summed E-state index contributed by atoms with van der Waals surface area (Å²) < 4.78 is 2.01. The lowest BCUT2D eigenvalue weighted by molar-refractivity contribution is 0.595. The summed E-state index contributed by atoms with van der Waals surface area (Å²) in [6, 6.07) is 7.64. The highest BCUT2D eigenvalue weighted by Crippen LogP contribution is 2.20.